The summed E-state index contributed by atoms with van der Waals surface area (Å²) in [7, 11) is 1.85. The Kier molecular flexibility index (Phi) is 5.62. The van der Waals surface area contributed by atoms with E-state index in [9.17, 15) is 4.79 Å². The first-order valence-electron chi connectivity index (χ1n) is 7.76. The molecule has 0 bridgehead atoms. The van der Waals surface area contributed by atoms with Crippen LogP contribution >= 0.6 is 0 Å². The molecule has 0 aliphatic heterocycles. The molecule has 0 spiro atoms. The van der Waals surface area contributed by atoms with Crippen LogP contribution < -0.4 is 10.5 Å². The molecule has 4 nitrogen and oxygen atoms in total. The minimum Gasteiger partial charge on any atom is -0.492 e. The molecule has 1 saturated carbocycles. The Morgan fingerprint density at radius 1 is 1.33 bits per heavy atom. The molecule has 2 atom stereocenters. The van der Waals surface area contributed by atoms with E-state index in [0.717, 1.165) is 31.4 Å². The van der Waals surface area contributed by atoms with Crippen LogP contribution in [0.2, 0.25) is 0 Å². The van der Waals surface area contributed by atoms with Gasteiger partial charge in [-0.3, -0.25) is 4.79 Å². The summed E-state index contributed by atoms with van der Waals surface area (Å²) in [5.74, 6) is 1.15. The molecule has 1 aromatic carbocycles. The predicted octanol–water partition coefficient (Wildman–Crippen LogP) is 2.35. The van der Waals surface area contributed by atoms with Crippen molar-refractivity contribution in [3.8, 4) is 5.75 Å². The number of benzene rings is 1. The van der Waals surface area contributed by atoms with Crippen molar-refractivity contribution in [1.29, 1.82) is 0 Å². The number of hydrogen-bond acceptors (Lipinski definition) is 3. The first-order chi connectivity index (χ1) is 10.1. The van der Waals surface area contributed by atoms with Gasteiger partial charge in [0.25, 0.3) is 0 Å². The highest BCUT2D eigenvalue weighted by molar-refractivity contribution is 5.78. The Labute approximate surface area is 127 Å². The van der Waals surface area contributed by atoms with E-state index >= 15 is 0 Å². The van der Waals surface area contributed by atoms with Crippen LogP contribution in [0.1, 0.15) is 31.2 Å². The molecular formula is C17H26N2O2. The summed E-state index contributed by atoms with van der Waals surface area (Å²) in [6, 6.07) is 8.14. The molecule has 0 heterocycles. The van der Waals surface area contributed by atoms with Gasteiger partial charge in [-0.15, -0.1) is 0 Å². The summed E-state index contributed by atoms with van der Waals surface area (Å²) in [5, 5.41) is 0. The van der Waals surface area contributed by atoms with Crippen molar-refractivity contribution in [3.05, 3.63) is 29.8 Å². The first-order valence-corrected chi connectivity index (χ1v) is 7.76. The van der Waals surface area contributed by atoms with Crippen LogP contribution in [0.15, 0.2) is 24.3 Å². The van der Waals surface area contributed by atoms with Gasteiger partial charge in [0.2, 0.25) is 5.91 Å². The zero-order chi connectivity index (χ0) is 15.2. The van der Waals surface area contributed by atoms with Gasteiger partial charge in [-0.2, -0.15) is 0 Å². The molecule has 0 radical (unpaired) electrons. The Balaban J connectivity index is 1.74. The highest BCUT2D eigenvalue weighted by Crippen LogP contribution is 2.24. The van der Waals surface area contributed by atoms with Crippen molar-refractivity contribution in [2.45, 2.75) is 38.6 Å². The summed E-state index contributed by atoms with van der Waals surface area (Å²) < 4.78 is 5.67. The van der Waals surface area contributed by atoms with Gasteiger partial charge in [-0.05, 0) is 38.3 Å². The lowest BCUT2D eigenvalue weighted by atomic mass is 9.85. The average molecular weight is 290 g/mol. The van der Waals surface area contributed by atoms with Crippen LogP contribution in [-0.2, 0) is 4.79 Å². The quantitative estimate of drug-likeness (QED) is 0.905. The first kappa shape index (κ1) is 15.8. The van der Waals surface area contributed by atoms with Gasteiger partial charge in [0.15, 0.2) is 0 Å². The molecule has 1 aliphatic carbocycles. The summed E-state index contributed by atoms with van der Waals surface area (Å²) in [4.78, 5) is 14.1. The van der Waals surface area contributed by atoms with Gasteiger partial charge in [0.05, 0.1) is 6.54 Å². The molecule has 2 N–H and O–H groups in total. The lowest BCUT2D eigenvalue weighted by Gasteiger charge is -2.29. The molecule has 116 valence electrons. The SMILES string of the molecule is Cc1ccc(OCCN(C)C(=O)C2CCCC(N)C2)cc1. The van der Waals surface area contributed by atoms with Crippen LogP contribution in [0.3, 0.4) is 0 Å². The van der Waals surface area contributed by atoms with E-state index in [4.69, 9.17) is 10.5 Å². The summed E-state index contributed by atoms with van der Waals surface area (Å²) >= 11 is 0. The van der Waals surface area contributed by atoms with Crippen LogP contribution in [0.4, 0.5) is 0 Å². The second-order valence-corrected chi connectivity index (χ2v) is 6.04. The normalized spacial score (nSPS) is 21.9. The van der Waals surface area contributed by atoms with Crippen molar-refractivity contribution < 1.29 is 9.53 Å². The number of hydrogen-bond donors (Lipinski definition) is 1. The van der Waals surface area contributed by atoms with Crippen LogP contribution in [-0.4, -0.2) is 37.0 Å². The Hall–Kier alpha value is -1.55. The molecule has 2 unspecified atom stereocenters. The maximum absolute atomic E-state index is 12.3. The summed E-state index contributed by atoms with van der Waals surface area (Å²) in [6.45, 7) is 3.17. The summed E-state index contributed by atoms with van der Waals surface area (Å²) in [6.07, 6.45) is 3.90. The second kappa shape index (κ2) is 7.46. The van der Waals surface area contributed by atoms with E-state index < -0.39 is 0 Å². The third-order valence-corrected chi connectivity index (χ3v) is 4.16. The Morgan fingerprint density at radius 2 is 2.05 bits per heavy atom. The third kappa shape index (κ3) is 4.74. The molecule has 4 heteroatoms. The van der Waals surface area contributed by atoms with Gasteiger partial charge >= 0.3 is 0 Å². The second-order valence-electron chi connectivity index (χ2n) is 6.04. The lowest BCUT2D eigenvalue weighted by molar-refractivity contribution is -0.135. The van der Waals surface area contributed by atoms with E-state index in [1.54, 1.807) is 4.90 Å². The fourth-order valence-corrected chi connectivity index (χ4v) is 2.81. The van der Waals surface area contributed by atoms with Gasteiger partial charge in [0, 0.05) is 19.0 Å². The van der Waals surface area contributed by atoms with E-state index in [0.29, 0.717) is 13.2 Å². The Morgan fingerprint density at radius 3 is 2.71 bits per heavy atom. The minimum atomic E-state index is 0.0955. The standard InChI is InChI=1S/C17H26N2O2/c1-13-6-8-16(9-7-13)21-11-10-19(2)17(20)14-4-3-5-15(18)12-14/h6-9,14-15H,3-5,10-12,18H2,1-2H3. The predicted molar refractivity (Wildman–Crippen MR) is 84.2 cm³/mol. The largest absolute Gasteiger partial charge is 0.492 e. The maximum Gasteiger partial charge on any atom is 0.225 e. The van der Waals surface area contributed by atoms with Crippen molar-refractivity contribution in [2.75, 3.05) is 20.2 Å². The minimum absolute atomic E-state index is 0.0955. The molecule has 0 saturated heterocycles. The van der Waals surface area contributed by atoms with E-state index in [-0.39, 0.29) is 17.9 Å². The molecule has 1 aliphatic rings. The number of nitrogens with two attached hydrogens (primary N) is 1. The molecule has 1 fully saturated rings. The third-order valence-electron chi connectivity index (χ3n) is 4.16. The number of ether oxygens (including phenoxy) is 1. The van der Waals surface area contributed by atoms with E-state index in [2.05, 4.69) is 0 Å². The molecule has 1 amide bonds. The van der Waals surface area contributed by atoms with Crippen molar-refractivity contribution in [2.24, 2.45) is 11.7 Å². The van der Waals surface area contributed by atoms with Crippen LogP contribution in [0.5, 0.6) is 5.75 Å². The average Bonchev–Trinajstić information content (AvgIpc) is 2.48. The van der Waals surface area contributed by atoms with Crippen molar-refractivity contribution >= 4 is 5.91 Å². The smallest absolute Gasteiger partial charge is 0.225 e. The number of nitrogens with zero attached hydrogens (tertiary/aromatic N) is 1. The number of aryl methyl sites for hydroxylation is 1. The highest BCUT2D eigenvalue weighted by atomic mass is 16.5. The van der Waals surface area contributed by atoms with Crippen molar-refractivity contribution in [1.82, 2.24) is 4.90 Å². The maximum atomic E-state index is 12.3. The number of rotatable bonds is 5. The highest BCUT2D eigenvalue weighted by Gasteiger charge is 2.27. The molecule has 0 aromatic heterocycles. The van der Waals surface area contributed by atoms with Gasteiger partial charge in [-0.1, -0.05) is 24.1 Å². The Bertz CT molecular complexity index is 458. The van der Waals surface area contributed by atoms with Gasteiger partial charge in [0.1, 0.15) is 12.4 Å². The van der Waals surface area contributed by atoms with Crippen LogP contribution in [0, 0.1) is 12.8 Å². The van der Waals surface area contributed by atoms with Crippen molar-refractivity contribution in [3.63, 3.8) is 0 Å². The molecular weight excluding hydrogens is 264 g/mol. The van der Waals surface area contributed by atoms with Crippen LogP contribution in [0.25, 0.3) is 0 Å². The lowest BCUT2D eigenvalue weighted by Crippen LogP contribution is -2.40. The van der Waals surface area contributed by atoms with Gasteiger partial charge < -0.3 is 15.4 Å². The summed E-state index contributed by atoms with van der Waals surface area (Å²) in [5.41, 5.74) is 7.17. The fraction of sp³-hybridized carbons (Fsp3) is 0.588. The number of carbonyl (C=O) groups excluding carboxylic acids is 1. The topological polar surface area (TPSA) is 55.6 Å². The fourth-order valence-electron chi connectivity index (χ4n) is 2.81. The molecule has 2 rings (SSSR count). The number of likely N-dealkylation sites (N-methyl/N-ethyl adjacent to an activating group) is 1. The van der Waals surface area contributed by atoms with E-state index in [1.807, 2.05) is 38.2 Å². The van der Waals surface area contributed by atoms with Gasteiger partial charge in [-0.25, -0.2) is 0 Å². The molecule has 1 aromatic rings. The van der Waals surface area contributed by atoms with E-state index in [1.165, 1.54) is 5.56 Å². The zero-order valence-electron chi connectivity index (χ0n) is 13.0. The number of carbonyl (C=O) groups is 1. The zero-order valence-corrected chi connectivity index (χ0v) is 13.0. The molecule has 21 heavy (non-hydrogen) atoms. The number of amides is 1. The monoisotopic (exact) mass is 290 g/mol.